The summed E-state index contributed by atoms with van der Waals surface area (Å²) >= 11 is 0. The van der Waals surface area contributed by atoms with E-state index in [0.29, 0.717) is 5.56 Å². The third kappa shape index (κ3) is 1.98. The van der Waals surface area contributed by atoms with Crippen LogP contribution in [0.4, 0.5) is 0 Å². The maximum absolute atomic E-state index is 11.8. The second-order valence-electron chi connectivity index (χ2n) is 3.23. The second kappa shape index (κ2) is 3.96. The van der Waals surface area contributed by atoms with Crippen LogP contribution in [-0.2, 0) is 10.0 Å². The van der Waals surface area contributed by atoms with Gasteiger partial charge >= 0.3 is 0 Å². The van der Waals surface area contributed by atoms with E-state index in [0.717, 1.165) is 4.31 Å². The van der Waals surface area contributed by atoms with Crippen molar-refractivity contribution in [2.75, 3.05) is 14.1 Å². The zero-order valence-electron chi connectivity index (χ0n) is 8.72. The number of nitrogens with zero attached hydrogens (tertiary/aromatic N) is 3. The Labute approximate surface area is 89.0 Å². The number of hydrogen-bond acceptors (Lipinski definition) is 4. The van der Waals surface area contributed by atoms with Crippen LogP contribution in [0.1, 0.15) is 11.1 Å². The number of aromatic nitrogens is 1. The van der Waals surface area contributed by atoms with Gasteiger partial charge in [-0.05, 0) is 12.5 Å². The molecule has 0 fully saturated rings. The van der Waals surface area contributed by atoms with Gasteiger partial charge < -0.3 is 0 Å². The summed E-state index contributed by atoms with van der Waals surface area (Å²) < 4.78 is 24.7. The van der Waals surface area contributed by atoms with Crippen molar-refractivity contribution in [3.63, 3.8) is 0 Å². The Kier molecular flexibility index (Phi) is 3.07. The van der Waals surface area contributed by atoms with Gasteiger partial charge in [0.1, 0.15) is 11.0 Å². The fourth-order valence-corrected chi connectivity index (χ4v) is 2.13. The molecule has 0 atom stereocenters. The van der Waals surface area contributed by atoms with Crippen molar-refractivity contribution in [1.29, 1.82) is 5.26 Å². The molecule has 0 bridgehead atoms. The Balaban J connectivity index is 3.54. The predicted molar refractivity (Wildman–Crippen MR) is 54.6 cm³/mol. The molecule has 0 aliphatic carbocycles. The molecule has 0 aliphatic heterocycles. The summed E-state index contributed by atoms with van der Waals surface area (Å²) in [7, 11) is -0.763. The summed E-state index contributed by atoms with van der Waals surface area (Å²) in [5.74, 6) is 0. The van der Waals surface area contributed by atoms with Crippen molar-refractivity contribution >= 4 is 10.0 Å². The van der Waals surface area contributed by atoms with E-state index in [2.05, 4.69) is 4.98 Å². The predicted octanol–water partition coefficient (Wildman–Crippen LogP) is 0.512. The number of pyridine rings is 1. The molecule has 0 unspecified atom stereocenters. The van der Waals surface area contributed by atoms with Crippen LogP contribution >= 0.6 is 0 Å². The molecule has 1 rings (SSSR count). The zero-order chi connectivity index (χ0) is 11.6. The van der Waals surface area contributed by atoms with Crippen LogP contribution in [0.2, 0.25) is 0 Å². The molecule has 0 aliphatic rings. The van der Waals surface area contributed by atoms with E-state index < -0.39 is 10.0 Å². The van der Waals surface area contributed by atoms with Gasteiger partial charge in [-0.3, -0.25) is 4.98 Å². The molecule has 80 valence electrons. The van der Waals surface area contributed by atoms with E-state index in [1.165, 1.54) is 26.5 Å². The third-order valence-corrected chi connectivity index (χ3v) is 3.80. The van der Waals surface area contributed by atoms with Crippen LogP contribution in [0.3, 0.4) is 0 Å². The molecule has 1 aromatic rings. The number of sulfonamides is 1. The van der Waals surface area contributed by atoms with Crippen LogP contribution in [0, 0.1) is 18.3 Å². The minimum Gasteiger partial charge on any atom is -0.263 e. The Morgan fingerprint density at radius 1 is 1.40 bits per heavy atom. The van der Waals surface area contributed by atoms with Crippen molar-refractivity contribution < 1.29 is 8.42 Å². The first-order chi connectivity index (χ1) is 6.91. The average Bonchev–Trinajstić information content (AvgIpc) is 2.17. The monoisotopic (exact) mass is 225 g/mol. The molecule has 0 aromatic carbocycles. The van der Waals surface area contributed by atoms with Gasteiger partial charge in [0.05, 0.1) is 5.56 Å². The van der Waals surface area contributed by atoms with Crippen molar-refractivity contribution in [3.05, 3.63) is 23.5 Å². The van der Waals surface area contributed by atoms with Crippen LogP contribution in [-0.4, -0.2) is 31.8 Å². The van der Waals surface area contributed by atoms with Gasteiger partial charge in [-0.1, -0.05) is 0 Å². The average molecular weight is 225 g/mol. The Hall–Kier alpha value is -1.45. The van der Waals surface area contributed by atoms with Crippen LogP contribution in [0.15, 0.2) is 17.3 Å². The van der Waals surface area contributed by atoms with Crippen molar-refractivity contribution in [2.45, 2.75) is 11.8 Å². The fraction of sp³-hybridized carbons (Fsp3) is 0.333. The Morgan fingerprint density at radius 3 is 2.47 bits per heavy atom. The van der Waals surface area contributed by atoms with Crippen LogP contribution < -0.4 is 0 Å². The highest BCUT2D eigenvalue weighted by molar-refractivity contribution is 7.89. The molecule has 5 nitrogen and oxygen atoms in total. The van der Waals surface area contributed by atoms with E-state index in [-0.39, 0.29) is 10.5 Å². The molecule has 0 N–H and O–H groups in total. The van der Waals surface area contributed by atoms with Gasteiger partial charge in [-0.2, -0.15) is 5.26 Å². The van der Waals surface area contributed by atoms with Crippen LogP contribution in [0.5, 0.6) is 0 Å². The molecular formula is C9H11N3O2S. The molecule has 0 radical (unpaired) electrons. The molecule has 6 heteroatoms. The molecule has 0 saturated heterocycles. The number of rotatable bonds is 2. The first-order valence-electron chi connectivity index (χ1n) is 4.18. The molecule has 1 heterocycles. The van der Waals surface area contributed by atoms with E-state index in [1.807, 2.05) is 6.07 Å². The topological polar surface area (TPSA) is 74.1 Å². The van der Waals surface area contributed by atoms with Crippen molar-refractivity contribution in [2.24, 2.45) is 0 Å². The van der Waals surface area contributed by atoms with Gasteiger partial charge in [0.25, 0.3) is 0 Å². The van der Waals surface area contributed by atoms with Crippen molar-refractivity contribution in [1.82, 2.24) is 9.29 Å². The zero-order valence-corrected chi connectivity index (χ0v) is 9.54. The minimum atomic E-state index is -3.59. The number of aryl methyl sites for hydroxylation is 1. The molecular weight excluding hydrogens is 214 g/mol. The van der Waals surface area contributed by atoms with E-state index in [1.54, 1.807) is 6.92 Å². The Morgan fingerprint density at radius 2 is 2.00 bits per heavy atom. The van der Waals surface area contributed by atoms with Gasteiger partial charge in [-0.15, -0.1) is 0 Å². The second-order valence-corrected chi connectivity index (χ2v) is 5.35. The maximum Gasteiger partial charge on any atom is 0.245 e. The standard InChI is InChI=1S/C9H11N3O2S/c1-7-5-11-6-9(8(7)4-10)15(13,14)12(2)3/h5-6H,1-3H3. The number of hydrogen-bond donors (Lipinski definition) is 0. The molecule has 1 aromatic heterocycles. The first kappa shape index (κ1) is 11.6. The quantitative estimate of drug-likeness (QED) is 0.735. The minimum absolute atomic E-state index is 0.0463. The lowest BCUT2D eigenvalue weighted by molar-refractivity contribution is 0.520. The lowest BCUT2D eigenvalue weighted by Crippen LogP contribution is -2.23. The highest BCUT2D eigenvalue weighted by Crippen LogP contribution is 2.19. The molecule has 0 spiro atoms. The van der Waals surface area contributed by atoms with Gasteiger partial charge in [0.2, 0.25) is 10.0 Å². The van der Waals surface area contributed by atoms with E-state index in [4.69, 9.17) is 5.26 Å². The summed E-state index contributed by atoms with van der Waals surface area (Å²) in [4.78, 5) is 3.74. The van der Waals surface area contributed by atoms with Gasteiger partial charge in [0, 0.05) is 26.5 Å². The first-order valence-corrected chi connectivity index (χ1v) is 5.62. The summed E-state index contributed by atoms with van der Waals surface area (Å²) in [5.41, 5.74) is 0.708. The summed E-state index contributed by atoms with van der Waals surface area (Å²) in [6, 6.07) is 1.88. The summed E-state index contributed by atoms with van der Waals surface area (Å²) in [6.45, 7) is 1.65. The molecule has 15 heavy (non-hydrogen) atoms. The molecule has 0 saturated carbocycles. The maximum atomic E-state index is 11.8. The lowest BCUT2D eigenvalue weighted by Gasteiger charge is -2.12. The van der Waals surface area contributed by atoms with Gasteiger partial charge in [-0.25, -0.2) is 12.7 Å². The summed E-state index contributed by atoms with van der Waals surface area (Å²) in [5, 5.41) is 8.88. The summed E-state index contributed by atoms with van der Waals surface area (Å²) in [6.07, 6.45) is 2.66. The van der Waals surface area contributed by atoms with Crippen molar-refractivity contribution in [3.8, 4) is 6.07 Å². The SMILES string of the molecule is Cc1cncc(S(=O)(=O)N(C)C)c1C#N. The fourth-order valence-electron chi connectivity index (χ4n) is 1.08. The molecule has 0 amide bonds. The normalized spacial score (nSPS) is 11.4. The number of nitriles is 1. The van der Waals surface area contributed by atoms with E-state index in [9.17, 15) is 8.42 Å². The van der Waals surface area contributed by atoms with Gasteiger partial charge in [0.15, 0.2) is 0 Å². The van der Waals surface area contributed by atoms with Crippen LogP contribution in [0.25, 0.3) is 0 Å². The third-order valence-electron chi connectivity index (χ3n) is 1.97. The highest BCUT2D eigenvalue weighted by atomic mass is 32.2. The largest absolute Gasteiger partial charge is 0.263 e. The lowest BCUT2D eigenvalue weighted by atomic mass is 10.2. The Bertz CT molecular complexity index is 515. The van der Waals surface area contributed by atoms with E-state index >= 15 is 0 Å². The smallest absolute Gasteiger partial charge is 0.245 e. The highest BCUT2D eigenvalue weighted by Gasteiger charge is 2.22.